The van der Waals surface area contributed by atoms with Crippen molar-refractivity contribution in [2.75, 3.05) is 5.32 Å². The number of nitrogens with one attached hydrogen (secondary N) is 2. The zero-order valence-electron chi connectivity index (χ0n) is 12.8. The highest BCUT2D eigenvalue weighted by Crippen LogP contribution is 2.22. The molecule has 0 fully saturated rings. The first-order chi connectivity index (χ1) is 9.77. The van der Waals surface area contributed by atoms with Crippen molar-refractivity contribution in [2.45, 2.75) is 33.7 Å². The van der Waals surface area contributed by atoms with E-state index in [1.807, 2.05) is 52.0 Å². The van der Waals surface area contributed by atoms with Crippen molar-refractivity contribution in [3.8, 4) is 11.4 Å². The van der Waals surface area contributed by atoms with Crippen LogP contribution in [0.3, 0.4) is 0 Å². The summed E-state index contributed by atoms with van der Waals surface area (Å²) in [5, 5.41) is 9.74. The van der Waals surface area contributed by atoms with E-state index in [4.69, 9.17) is 5.73 Å². The molecule has 0 saturated heterocycles. The lowest BCUT2D eigenvalue weighted by Crippen LogP contribution is -2.45. The molecule has 112 valence electrons. The summed E-state index contributed by atoms with van der Waals surface area (Å²) in [6.07, 6.45) is 0. The number of aryl methyl sites for hydroxylation is 1. The van der Waals surface area contributed by atoms with E-state index in [1.54, 1.807) is 0 Å². The van der Waals surface area contributed by atoms with Crippen LogP contribution in [0, 0.1) is 12.3 Å². The molecule has 0 aliphatic heterocycles. The van der Waals surface area contributed by atoms with E-state index >= 15 is 0 Å². The molecular formula is C15H21N5O. The van der Waals surface area contributed by atoms with Crippen molar-refractivity contribution in [3.63, 3.8) is 0 Å². The minimum absolute atomic E-state index is 0.203. The first-order valence-electron chi connectivity index (χ1n) is 6.83. The number of hydrogen-bond acceptors (Lipinski definition) is 4. The van der Waals surface area contributed by atoms with Gasteiger partial charge in [0.1, 0.15) is 5.82 Å². The highest BCUT2D eigenvalue weighted by Gasteiger charge is 2.27. The second-order valence-electron chi connectivity index (χ2n) is 6.16. The maximum Gasteiger partial charge on any atom is 0.241 e. The fourth-order valence-electron chi connectivity index (χ4n) is 1.82. The highest BCUT2D eigenvalue weighted by molar-refractivity contribution is 5.95. The monoisotopic (exact) mass is 287 g/mol. The van der Waals surface area contributed by atoms with Gasteiger partial charge in [0.05, 0.1) is 6.04 Å². The quantitative estimate of drug-likeness (QED) is 0.805. The third kappa shape index (κ3) is 3.66. The number of H-pyrrole nitrogens is 1. The van der Waals surface area contributed by atoms with Crippen LogP contribution in [0.2, 0.25) is 0 Å². The van der Waals surface area contributed by atoms with Gasteiger partial charge in [-0.3, -0.25) is 9.89 Å². The largest absolute Gasteiger partial charge is 0.325 e. The molecule has 1 atom stereocenters. The zero-order chi connectivity index (χ0) is 15.6. The lowest BCUT2D eigenvalue weighted by Gasteiger charge is -2.25. The SMILES string of the molecule is Cc1nc(-c2cccc(NC(=O)[C@H](N)C(C)(C)C)c2)n[nH]1. The van der Waals surface area contributed by atoms with E-state index in [0.717, 1.165) is 11.4 Å². The second kappa shape index (κ2) is 5.65. The number of carbonyl (C=O) groups excluding carboxylic acids is 1. The molecule has 2 aromatic rings. The third-order valence-electron chi connectivity index (χ3n) is 3.20. The normalized spacial score (nSPS) is 13.0. The van der Waals surface area contributed by atoms with Crippen LogP contribution < -0.4 is 11.1 Å². The Bertz CT molecular complexity index is 642. The van der Waals surface area contributed by atoms with Gasteiger partial charge in [0.15, 0.2) is 5.82 Å². The number of aromatic amines is 1. The Labute approximate surface area is 124 Å². The molecule has 0 saturated carbocycles. The van der Waals surface area contributed by atoms with Gasteiger partial charge in [-0.05, 0) is 24.5 Å². The van der Waals surface area contributed by atoms with E-state index in [9.17, 15) is 4.79 Å². The van der Waals surface area contributed by atoms with Crippen LogP contribution in [-0.4, -0.2) is 27.1 Å². The maximum atomic E-state index is 12.1. The van der Waals surface area contributed by atoms with Gasteiger partial charge in [0.2, 0.25) is 5.91 Å². The minimum atomic E-state index is -0.577. The number of amides is 1. The van der Waals surface area contributed by atoms with Crippen LogP contribution in [0.1, 0.15) is 26.6 Å². The van der Waals surface area contributed by atoms with E-state index in [2.05, 4.69) is 20.5 Å². The van der Waals surface area contributed by atoms with Gasteiger partial charge in [0, 0.05) is 11.3 Å². The zero-order valence-corrected chi connectivity index (χ0v) is 12.8. The molecule has 0 aliphatic rings. The number of nitrogens with two attached hydrogens (primary N) is 1. The molecule has 1 aromatic heterocycles. The van der Waals surface area contributed by atoms with Crippen LogP contribution in [0.5, 0.6) is 0 Å². The molecule has 6 nitrogen and oxygen atoms in total. The van der Waals surface area contributed by atoms with Crippen molar-refractivity contribution in [1.29, 1.82) is 0 Å². The van der Waals surface area contributed by atoms with Gasteiger partial charge in [-0.1, -0.05) is 32.9 Å². The summed E-state index contributed by atoms with van der Waals surface area (Å²) in [6, 6.07) is 6.81. The number of aromatic nitrogens is 3. The van der Waals surface area contributed by atoms with E-state index in [1.165, 1.54) is 0 Å². The first-order valence-corrected chi connectivity index (χ1v) is 6.83. The van der Waals surface area contributed by atoms with Crippen LogP contribution in [0.4, 0.5) is 5.69 Å². The molecule has 0 radical (unpaired) electrons. The smallest absolute Gasteiger partial charge is 0.241 e. The molecule has 6 heteroatoms. The van der Waals surface area contributed by atoms with Gasteiger partial charge in [-0.15, -0.1) is 0 Å². The Kier molecular flexibility index (Phi) is 4.09. The maximum absolute atomic E-state index is 12.1. The van der Waals surface area contributed by atoms with Gasteiger partial charge in [0.25, 0.3) is 0 Å². The Morgan fingerprint density at radius 2 is 2.10 bits per heavy atom. The Balaban J connectivity index is 2.17. The third-order valence-corrected chi connectivity index (χ3v) is 3.20. The molecule has 1 heterocycles. The average Bonchev–Trinajstić information content (AvgIpc) is 2.84. The Morgan fingerprint density at radius 3 is 2.67 bits per heavy atom. The standard InChI is InChI=1S/C15H21N5O/c1-9-17-13(20-19-9)10-6-5-7-11(8-10)18-14(21)12(16)15(2,3)4/h5-8,12H,16H2,1-4H3,(H,18,21)(H,17,19,20)/t12-/m0/s1. The molecule has 21 heavy (non-hydrogen) atoms. The summed E-state index contributed by atoms with van der Waals surface area (Å²) >= 11 is 0. The summed E-state index contributed by atoms with van der Waals surface area (Å²) in [5.74, 6) is 1.14. The van der Waals surface area contributed by atoms with Crippen LogP contribution in [-0.2, 0) is 4.79 Å². The summed E-state index contributed by atoms with van der Waals surface area (Å²) < 4.78 is 0. The number of nitrogens with zero attached hydrogens (tertiary/aromatic N) is 2. The molecule has 0 spiro atoms. The fraction of sp³-hybridized carbons (Fsp3) is 0.400. The molecule has 2 rings (SSSR count). The van der Waals surface area contributed by atoms with Crippen molar-refractivity contribution < 1.29 is 4.79 Å². The number of anilines is 1. The summed E-state index contributed by atoms with van der Waals surface area (Å²) in [5.41, 5.74) is 7.18. The van der Waals surface area contributed by atoms with E-state index in [-0.39, 0.29) is 11.3 Å². The topological polar surface area (TPSA) is 96.7 Å². The lowest BCUT2D eigenvalue weighted by atomic mass is 9.87. The fourth-order valence-corrected chi connectivity index (χ4v) is 1.82. The van der Waals surface area contributed by atoms with Crippen molar-refractivity contribution in [3.05, 3.63) is 30.1 Å². The van der Waals surface area contributed by atoms with Crippen LogP contribution in [0.25, 0.3) is 11.4 Å². The molecule has 1 aromatic carbocycles. The van der Waals surface area contributed by atoms with Gasteiger partial charge in [-0.25, -0.2) is 4.98 Å². The van der Waals surface area contributed by atoms with Crippen LogP contribution >= 0.6 is 0 Å². The van der Waals surface area contributed by atoms with E-state index in [0.29, 0.717) is 11.5 Å². The highest BCUT2D eigenvalue weighted by atomic mass is 16.2. The predicted octanol–water partition coefficient (Wildman–Crippen LogP) is 2.09. The molecule has 0 aliphatic carbocycles. The van der Waals surface area contributed by atoms with Gasteiger partial charge in [-0.2, -0.15) is 5.10 Å². The van der Waals surface area contributed by atoms with Crippen molar-refractivity contribution in [2.24, 2.45) is 11.1 Å². The Morgan fingerprint density at radius 1 is 1.38 bits per heavy atom. The molecule has 0 bridgehead atoms. The first kappa shape index (κ1) is 15.2. The number of carbonyl (C=O) groups is 1. The molecule has 1 amide bonds. The minimum Gasteiger partial charge on any atom is -0.325 e. The second-order valence-corrected chi connectivity index (χ2v) is 6.16. The summed E-state index contributed by atoms with van der Waals surface area (Å²) in [4.78, 5) is 16.4. The van der Waals surface area contributed by atoms with Crippen LogP contribution in [0.15, 0.2) is 24.3 Å². The molecular weight excluding hydrogens is 266 g/mol. The van der Waals surface area contributed by atoms with E-state index < -0.39 is 6.04 Å². The number of rotatable bonds is 3. The molecule has 0 unspecified atom stereocenters. The number of hydrogen-bond donors (Lipinski definition) is 3. The number of benzene rings is 1. The molecule has 4 N–H and O–H groups in total. The average molecular weight is 287 g/mol. The van der Waals surface area contributed by atoms with Crippen molar-refractivity contribution in [1.82, 2.24) is 15.2 Å². The van der Waals surface area contributed by atoms with Gasteiger partial charge < -0.3 is 11.1 Å². The van der Waals surface area contributed by atoms with Crippen molar-refractivity contribution >= 4 is 11.6 Å². The Hall–Kier alpha value is -2.21. The summed E-state index contributed by atoms with van der Waals surface area (Å²) in [7, 11) is 0. The summed E-state index contributed by atoms with van der Waals surface area (Å²) in [6.45, 7) is 7.64. The predicted molar refractivity (Wildman–Crippen MR) is 82.6 cm³/mol. The lowest BCUT2D eigenvalue weighted by molar-refractivity contribution is -0.119. The van der Waals surface area contributed by atoms with Gasteiger partial charge >= 0.3 is 0 Å².